The van der Waals surface area contributed by atoms with Crippen molar-refractivity contribution >= 4 is 23.9 Å². The highest BCUT2D eigenvalue weighted by Crippen LogP contribution is 2.35. The van der Waals surface area contributed by atoms with Gasteiger partial charge in [-0.1, -0.05) is 61.9 Å². The predicted octanol–water partition coefficient (Wildman–Crippen LogP) is 6.03. The topological polar surface area (TPSA) is 106 Å². The zero-order valence-corrected chi connectivity index (χ0v) is 27.0. The Kier molecular flexibility index (Phi) is 10.3. The van der Waals surface area contributed by atoms with Gasteiger partial charge in [0.15, 0.2) is 0 Å². The van der Waals surface area contributed by atoms with Crippen LogP contribution in [0.1, 0.15) is 92.9 Å². The fourth-order valence-electron chi connectivity index (χ4n) is 5.14. The van der Waals surface area contributed by atoms with Gasteiger partial charge in [0.1, 0.15) is 16.5 Å². The fraction of sp³-hybridized carbons (Fsp3) is 0.455. The Balaban J connectivity index is 1.75. The number of amides is 2. The maximum atomic E-state index is 14.2. The van der Waals surface area contributed by atoms with E-state index in [-0.39, 0.29) is 23.4 Å². The van der Waals surface area contributed by atoms with Gasteiger partial charge in [-0.15, -0.1) is 0 Å². The Morgan fingerprint density at radius 2 is 1.79 bits per heavy atom. The minimum atomic E-state index is -0.605. The van der Waals surface area contributed by atoms with Crippen molar-refractivity contribution in [2.75, 3.05) is 13.1 Å². The SMILES string of the molecule is Cc1ccc(C(=O)N(CCCNC(=O)OC(C)(C)C)C(c2nc3c(c(=O)n2Cc2ccccc2)C(C)NS3)C(C)C)cc1. The van der Waals surface area contributed by atoms with Crippen molar-refractivity contribution in [1.29, 1.82) is 0 Å². The molecular formula is C33H43N5O4S. The van der Waals surface area contributed by atoms with E-state index in [0.29, 0.717) is 48.0 Å². The molecule has 2 N–H and O–H groups in total. The number of aryl methyl sites for hydroxylation is 1. The molecule has 1 aliphatic rings. The summed E-state index contributed by atoms with van der Waals surface area (Å²) in [5, 5.41) is 3.45. The van der Waals surface area contributed by atoms with Crippen molar-refractivity contribution in [2.24, 2.45) is 5.92 Å². The van der Waals surface area contributed by atoms with E-state index in [9.17, 15) is 14.4 Å². The summed E-state index contributed by atoms with van der Waals surface area (Å²) < 4.78 is 10.4. The first-order valence-corrected chi connectivity index (χ1v) is 15.6. The molecule has 0 saturated heterocycles. The summed E-state index contributed by atoms with van der Waals surface area (Å²) in [5.74, 6) is 0.319. The van der Waals surface area contributed by atoms with Crippen molar-refractivity contribution < 1.29 is 14.3 Å². The van der Waals surface area contributed by atoms with Gasteiger partial charge in [0.25, 0.3) is 11.5 Å². The van der Waals surface area contributed by atoms with Crippen molar-refractivity contribution in [3.05, 3.63) is 93.0 Å². The first-order valence-electron chi connectivity index (χ1n) is 14.8. The van der Waals surface area contributed by atoms with E-state index in [1.54, 1.807) is 9.47 Å². The third kappa shape index (κ3) is 8.06. The lowest BCUT2D eigenvalue weighted by Gasteiger charge is -2.36. The molecule has 1 aromatic heterocycles. The van der Waals surface area contributed by atoms with Gasteiger partial charge < -0.3 is 15.0 Å². The molecule has 2 atom stereocenters. The van der Waals surface area contributed by atoms with Crippen LogP contribution >= 0.6 is 11.9 Å². The number of alkyl carbamates (subject to hydrolysis) is 1. The number of benzene rings is 2. The number of nitrogens with one attached hydrogen (secondary N) is 2. The van der Waals surface area contributed by atoms with Crippen LogP contribution < -0.4 is 15.6 Å². The number of fused-ring (bicyclic) bond motifs is 1. The van der Waals surface area contributed by atoms with Crippen LogP contribution in [0.25, 0.3) is 0 Å². The summed E-state index contributed by atoms with van der Waals surface area (Å²) in [6.45, 7) is 14.5. The molecule has 43 heavy (non-hydrogen) atoms. The van der Waals surface area contributed by atoms with Gasteiger partial charge >= 0.3 is 6.09 Å². The monoisotopic (exact) mass is 605 g/mol. The fourth-order valence-corrected chi connectivity index (χ4v) is 6.06. The molecule has 0 spiro atoms. The zero-order valence-electron chi connectivity index (χ0n) is 26.1. The molecule has 230 valence electrons. The van der Waals surface area contributed by atoms with Crippen LogP contribution in [0.15, 0.2) is 64.4 Å². The standard InChI is InChI=1S/C33H43N5O4S/c1-21(2)27(28-35-29-26(23(4)36-43-29)31(40)38(28)20-24-12-9-8-10-13-24)37(30(39)25-16-14-22(3)15-17-25)19-11-18-34-32(41)42-33(5,6)7/h8-10,12-17,21,23,27,36H,11,18-20H2,1-7H3,(H,34,41). The van der Waals surface area contributed by atoms with Gasteiger partial charge in [-0.05, 0) is 76.6 Å². The molecule has 0 saturated carbocycles. The summed E-state index contributed by atoms with van der Waals surface area (Å²) in [6.07, 6.45) is -0.0127. The van der Waals surface area contributed by atoms with Crippen LogP contribution in [0.5, 0.6) is 0 Å². The first-order chi connectivity index (χ1) is 20.4. The highest BCUT2D eigenvalue weighted by molar-refractivity contribution is 7.97. The summed E-state index contributed by atoms with van der Waals surface area (Å²) in [5.41, 5.74) is 2.52. The van der Waals surface area contributed by atoms with Gasteiger partial charge in [-0.25, -0.2) is 9.78 Å². The number of nitrogens with zero attached hydrogens (tertiary/aromatic N) is 3. The van der Waals surface area contributed by atoms with Crippen molar-refractivity contribution in [2.45, 2.75) is 84.1 Å². The smallest absolute Gasteiger partial charge is 0.407 e. The molecule has 0 aliphatic carbocycles. The van der Waals surface area contributed by atoms with Gasteiger partial charge in [-0.3, -0.25) is 18.9 Å². The van der Waals surface area contributed by atoms with Gasteiger partial charge in [0, 0.05) is 24.7 Å². The zero-order chi connectivity index (χ0) is 31.3. The number of carbonyl (C=O) groups excluding carboxylic acids is 2. The number of carbonyl (C=O) groups is 2. The Morgan fingerprint density at radius 1 is 1.12 bits per heavy atom. The molecule has 4 rings (SSSR count). The Labute approximate surface area is 258 Å². The summed E-state index contributed by atoms with van der Waals surface area (Å²) in [6, 6.07) is 16.7. The second-order valence-electron chi connectivity index (χ2n) is 12.3. The number of hydrogen-bond acceptors (Lipinski definition) is 7. The van der Waals surface area contributed by atoms with Crippen LogP contribution in [0, 0.1) is 12.8 Å². The molecule has 10 heteroatoms. The molecule has 2 aromatic carbocycles. The number of rotatable bonds is 10. The van der Waals surface area contributed by atoms with Gasteiger partial charge in [0.05, 0.1) is 18.2 Å². The summed E-state index contributed by atoms with van der Waals surface area (Å²) in [7, 11) is 0. The minimum Gasteiger partial charge on any atom is -0.444 e. The van der Waals surface area contributed by atoms with Crippen LogP contribution in [0.4, 0.5) is 4.79 Å². The number of hydrogen-bond donors (Lipinski definition) is 2. The van der Waals surface area contributed by atoms with Crippen molar-refractivity contribution in [3.63, 3.8) is 0 Å². The third-order valence-electron chi connectivity index (χ3n) is 7.18. The summed E-state index contributed by atoms with van der Waals surface area (Å²) in [4.78, 5) is 47.4. The van der Waals surface area contributed by atoms with Crippen LogP contribution in [-0.4, -0.2) is 45.1 Å². The van der Waals surface area contributed by atoms with Gasteiger partial charge in [-0.2, -0.15) is 0 Å². The molecule has 0 bridgehead atoms. The van der Waals surface area contributed by atoms with Crippen LogP contribution in [-0.2, 0) is 11.3 Å². The Hall–Kier alpha value is -3.63. The molecular weight excluding hydrogens is 562 g/mol. The van der Waals surface area contributed by atoms with E-state index in [1.807, 2.05) is 103 Å². The van der Waals surface area contributed by atoms with E-state index < -0.39 is 17.7 Å². The molecule has 2 heterocycles. The Bertz CT molecular complexity index is 1480. The van der Waals surface area contributed by atoms with Crippen molar-refractivity contribution in [3.8, 4) is 0 Å². The predicted molar refractivity (Wildman–Crippen MR) is 170 cm³/mol. The van der Waals surface area contributed by atoms with E-state index >= 15 is 0 Å². The molecule has 2 unspecified atom stereocenters. The quantitative estimate of drug-likeness (QED) is 0.165. The third-order valence-corrected chi connectivity index (χ3v) is 8.16. The lowest BCUT2D eigenvalue weighted by atomic mass is 9.98. The lowest BCUT2D eigenvalue weighted by molar-refractivity contribution is 0.0519. The lowest BCUT2D eigenvalue weighted by Crippen LogP contribution is -2.43. The normalized spacial score (nSPS) is 15.2. The van der Waals surface area contributed by atoms with E-state index in [2.05, 4.69) is 10.0 Å². The molecule has 9 nitrogen and oxygen atoms in total. The molecule has 0 fully saturated rings. The molecule has 2 amide bonds. The number of ether oxygens (including phenoxy) is 1. The molecule has 1 aliphatic heterocycles. The number of aromatic nitrogens is 2. The van der Waals surface area contributed by atoms with E-state index in [0.717, 1.165) is 11.1 Å². The average molecular weight is 606 g/mol. The maximum absolute atomic E-state index is 14.2. The average Bonchev–Trinajstić information content (AvgIpc) is 3.32. The maximum Gasteiger partial charge on any atom is 0.407 e. The summed E-state index contributed by atoms with van der Waals surface area (Å²) >= 11 is 1.36. The van der Waals surface area contributed by atoms with Gasteiger partial charge in [0.2, 0.25) is 0 Å². The van der Waals surface area contributed by atoms with Crippen LogP contribution in [0.2, 0.25) is 0 Å². The van der Waals surface area contributed by atoms with E-state index in [4.69, 9.17) is 9.72 Å². The second-order valence-corrected chi connectivity index (χ2v) is 13.2. The largest absolute Gasteiger partial charge is 0.444 e. The first kappa shape index (κ1) is 32.3. The van der Waals surface area contributed by atoms with E-state index in [1.165, 1.54) is 11.9 Å². The highest BCUT2D eigenvalue weighted by Gasteiger charge is 2.35. The molecule has 0 radical (unpaired) electrons. The molecule has 3 aromatic rings. The highest BCUT2D eigenvalue weighted by atomic mass is 32.2. The van der Waals surface area contributed by atoms with Crippen LogP contribution in [0.3, 0.4) is 0 Å². The second kappa shape index (κ2) is 13.8. The Morgan fingerprint density at radius 3 is 2.42 bits per heavy atom. The van der Waals surface area contributed by atoms with Crippen molar-refractivity contribution in [1.82, 2.24) is 24.5 Å². The minimum absolute atomic E-state index is 0.0722.